The molecule has 0 aromatic carbocycles. The van der Waals surface area contributed by atoms with Crippen LogP contribution in [0, 0.1) is 6.92 Å². The largest absolute Gasteiger partial charge is 0.356 e. The van der Waals surface area contributed by atoms with Crippen LogP contribution in [0.4, 0.5) is 5.95 Å². The van der Waals surface area contributed by atoms with E-state index in [1.807, 2.05) is 13.8 Å². The van der Waals surface area contributed by atoms with Crippen LogP contribution in [0.2, 0.25) is 0 Å². The average molecular weight is 195 g/mol. The van der Waals surface area contributed by atoms with E-state index in [0.29, 0.717) is 5.95 Å². The summed E-state index contributed by atoms with van der Waals surface area (Å²) in [6.07, 6.45) is 1.76. The monoisotopic (exact) mass is 195 g/mol. The third kappa shape index (κ3) is 2.34. The normalized spacial score (nSPS) is 10.2. The van der Waals surface area contributed by atoms with Crippen molar-refractivity contribution in [2.45, 2.75) is 33.6 Å². The number of aryl methyl sites for hydroxylation is 1. The van der Waals surface area contributed by atoms with Gasteiger partial charge in [-0.05, 0) is 20.3 Å². The van der Waals surface area contributed by atoms with Gasteiger partial charge >= 0.3 is 0 Å². The Hall–Kier alpha value is -1.32. The van der Waals surface area contributed by atoms with E-state index in [1.54, 1.807) is 0 Å². The van der Waals surface area contributed by atoms with Crippen LogP contribution in [0.1, 0.15) is 31.5 Å². The summed E-state index contributed by atoms with van der Waals surface area (Å²) < 4.78 is 0. The highest BCUT2D eigenvalue weighted by molar-refractivity contribution is 5.28. The smallest absolute Gasteiger partial charge is 0.255 e. The quantitative estimate of drug-likeness (QED) is 0.764. The molecule has 0 aliphatic heterocycles. The van der Waals surface area contributed by atoms with Crippen molar-refractivity contribution in [1.82, 2.24) is 9.97 Å². The fourth-order valence-corrected chi connectivity index (χ4v) is 1.41. The Morgan fingerprint density at radius 3 is 2.64 bits per heavy atom. The van der Waals surface area contributed by atoms with E-state index in [-0.39, 0.29) is 5.56 Å². The first-order valence-electron chi connectivity index (χ1n) is 5.02. The lowest BCUT2D eigenvalue weighted by Crippen LogP contribution is -2.19. The number of hydrogen-bond acceptors (Lipinski definition) is 3. The molecule has 0 aliphatic rings. The average Bonchev–Trinajstić information content (AvgIpc) is 2.12. The Morgan fingerprint density at radius 1 is 1.43 bits per heavy atom. The molecule has 14 heavy (non-hydrogen) atoms. The predicted molar refractivity (Wildman–Crippen MR) is 57.8 cm³/mol. The van der Waals surface area contributed by atoms with Gasteiger partial charge in [0, 0.05) is 17.8 Å². The Labute approximate surface area is 83.8 Å². The predicted octanol–water partition coefficient (Wildman–Crippen LogP) is 1.46. The van der Waals surface area contributed by atoms with E-state index in [0.717, 1.165) is 30.6 Å². The van der Waals surface area contributed by atoms with Gasteiger partial charge in [0.1, 0.15) is 0 Å². The number of rotatable bonds is 4. The van der Waals surface area contributed by atoms with Gasteiger partial charge in [0.2, 0.25) is 5.95 Å². The van der Waals surface area contributed by atoms with Crippen molar-refractivity contribution in [2.24, 2.45) is 0 Å². The number of nitrogens with zero attached hydrogens (tertiary/aromatic N) is 1. The van der Waals surface area contributed by atoms with E-state index in [9.17, 15) is 4.79 Å². The van der Waals surface area contributed by atoms with Gasteiger partial charge in [-0.2, -0.15) is 0 Å². The van der Waals surface area contributed by atoms with Crippen LogP contribution in [-0.4, -0.2) is 16.5 Å². The molecule has 4 heteroatoms. The lowest BCUT2D eigenvalue weighted by molar-refractivity contribution is 0.865. The molecule has 0 aliphatic carbocycles. The number of hydrogen-bond donors (Lipinski definition) is 2. The van der Waals surface area contributed by atoms with Crippen molar-refractivity contribution in [3.63, 3.8) is 0 Å². The van der Waals surface area contributed by atoms with E-state index >= 15 is 0 Å². The van der Waals surface area contributed by atoms with Crippen molar-refractivity contribution in [3.8, 4) is 0 Å². The van der Waals surface area contributed by atoms with Gasteiger partial charge in [0.05, 0.1) is 0 Å². The van der Waals surface area contributed by atoms with E-state index in [1.165, 1.54) is 0 Å². The van der Waals surface area contributed by atoms with Crippen LogP contribution < -0.4 is 10.9 Å². The molecule has 0 saturated heterocycles. The maximum Gasteiger partial charge on any atom is 0.255 e. The second-order valence-electron chi connectivity index (χ2n) is 3.26. The Balaban J connectivity index is 3.05. The summed E-state index contributed by atoms with van der Waals surface area (Å²) in [5.41, 5.74) is 1.61. The SMILES string of the molecule is CCCc1c(C)nc(NCC)[nH]c1=O. The molecule has 0 unspecified atom stereocenters. The molecule has 78 valence electrons. The maximum atomic E-state index is 11.6. The summed E-state index contributed by atoms with van der Waals surface area (Å²) in [6.45, 7) is 6.66. The van der Waals surface area contributed by atoms with E-state index < -0.39 is 0 Å². The van der Waals surface area contributed by atoms with Crippen LogP contribution in [0.5, 0.6) is 0 Å². The van der Waals surface area contributed by atoms with Gasteiger partial charge in [-0.15, -0.1) is 0 Å². The van der Waals surface area contributed by atoms with Crippen molar-refractivity contribution >= 4 is 5.95 Å². The third-order valence-electron chi connectivity index (χ3n) is 2.07. The second kappa shape index (κ2) is 4.79. The van der Waals surface area contributed by atoms with Gasteiger partial charge in [-0.25, -0.2) is 4.98 Å². The highest BCUT2D eigenvalue weighted by Crippen LogP contribution is 2.04. The van der Waals surface area contributed by atoms with Crippen molar-refractivity contribution < 1.29 is 0 Å². The zero-order chi connectivity index (χ0) is 10.6. The summed E-state index contributed by atoms with van der Waals surface area (Å²) in [7, 11) is 0. The first kappa shape index (κ1) is 10.8. The minimum atomic E-state index is -0.0182. The summed E-state index contributed by atoms with van der Waals surface area (Å²) in [5.74, 6) is 0.565. The summed E-state index contributed by atoms with van der Waals surface area (Å²) in [6, 6.07) is 0. The van der Waals surface area contributed by atoms with E-state index in [4.69, 9.17) is 0 Å². The van der Waals surface area contributed by atoms with Crippen LogP contribution in [-0.2, 0) is 6.42 Å². The number of H-pyrrole nitrogens is 1. The third-order valence-corrected chi connectivity index (χ3v) is 2.07. The number of anilines is 1. The first-order chi connectivity index (χ1) is 6.69. The summed E-state index contributed by atoms with van der Waals surface area (Å²) in [5, 5.41) is 2.99. The molecule has 1 aromatic heterocycles. The fourth-order valence-electron chi connectivity index (χ4n) is 1.41. The maximum absolute atomic E-state index is 11.6. The molecular formula is C10H17N3O. The van der Waals surface area contributed by atoms with Crippen molar-refractivity contribution in [3.05, 3.63) is 21.6 Å². The topological polar surface area (TPSA) is 57.8 Å². The molecule has 1 rings (SSSR count). The molecule has 0 saturated carbocycles. The molecule has 0 fully saturated rings. The molecule has 1 heterocycles. The Kier molecular flexibility index (Phi) is 3.68. The van der Waals surface area contributed by atoms with Crippen LogP contribution in [0.25, 0.3) is 0 Å². The molecule has 2 N–H and O–H groups in total. The molecule has 1 aromatic rings. The van der Waals surface area contributed by atoms with Gasteiger partial charge in [-0.3, -0.25) is 9.78 Å². The molecule has 4 nitrogen and oxygen atoms in total. The van der Waals surface area contributed by atoms with E-state index in [2.05, 4.69) is 22.2 Å². The molecule has 0 spiro atoms. The zero-order valence-electron chi connectivity index (χ0n) is 8.98. The van der Waals surface area contributed by atoms with Crippen molar-refractivity contribution in [1.29, 1.82) is 0 Å². The molecule has 0 radical (unpaired) electrons. The van der Waals surface area contributed by atoms with Crippen LogP contribution in [0.3, 0.4) is 0 Å². The van der Waals surface area contributed by atoms with Gasteiger partial charge in [-0.1, -0.05) is 13.3 Å². The lowest BCUT2D eigenvalue weighted by Gasteiger charge is -2.06. The lowest BCUT2D eigenvalue weighted by atomic mass is 10.1. The first-order valence-corrected chi connectivity index (χ1v) is 5.02. The van der Waals surface area contributed by atoms with Gasteiger partial charge in [0.25, 0.3) is 5.56 Å². The zero-order valence-corrected chi connectivity index (χ0v) is 8.98. The number of nitrogens with one attached hydrogen (secondary N) is 2. The van der Waals surface area contributed by atoms with Crippen LogP contribution >= 0.6 is 0 Å². The van der Waals surface area contributed by atoms with Crippen molar-refractivity contribution in [2.75, 3.05) is 11.9 Å². The van der Waals surface area contributed by atoms with Crippen LogP contribution in [0.15, 0.2) is 4.79 Å². The second-order valence-corrected chi connectivity index (χ2v) is 3.26. The molecular weight excluding hydrogens is 178 g/mol. The fraction of sp³-hybridized carbons (Fsp3) is 0.600. The Bertz CT molecular complexity index is 357. The molecule has 0 atom stereocenters. The standard InChI is InChI=1S/C10H17N3O/c1-4-6-8-7(3)12-10(11-5-2)13-9(8)14/h4-6H2,1-3H3,(H2,11,12,13,14). The van der Waals surface area contributed by atoms with Gasteiger partial charge in [0.15, 0.2) is 0 Å². The summed E-state index contributed by atoms with van der Waals surface area (Å²) in [4.78, 5) is 18.6. The number of aromatic nitrogens is 2. The highest BCUT2D eigenvalue weighted by atomic mass is 16.1. The highest BCUT2D eigenvalue weighted by Gasteiger charge is 2.05. The van der Waals surface area contributed by atoms with Gasteiger partial charge < -0.3 is 5.32 Å². The Morgan fingerprint density at radius 2 is 2.14 bits per heavy atom. The minimum absolute atomic E-state index is 0.0182. The number of aromatic amines is 1. The minimum Gasteiger partial charge on any atom is -0.356 e. The molecule has 0 amide bonds. The summed E-state index contributed by atoms with van der Waals surface area (Å²) >= 11 is 0. The molecule has 0 bridgehead atoms.